The molecule has 1 aromatic rings. The number of hydrogen-bond donors (Lipinski definition) is 1. The zero-order valence-corrected chi connectivity index (χ0v) is 10.5. The third-order valence-corrected chi connectivity index (χ3v) is 3.82. The number of nitrogens with one attached hydrogen (secondary N) is 1. The summed E-state index contributed by atoms with van der Waals surface area (Å²) in [5, 5.41) is 5.88. The molecule has 0 aliphatic heterocycles. The van der Waals surface area contributed by atoms with Gasteiger partial charge in [0.2, 0.25) is 0 Å². The molecule has 0 aromatic carbocycles. The second-order valence-electron chi connectivity index (χ2n) is 4.41. The van der Waals surface area contributed by atoms with Crippen molar-refractivity contribution in [2.45, 2.75) is 51.5 Å². The van der Waals surface area contributed by atoms with Crippen LogP contribution in [0.2, 0.25) is 0 Å². The first-order valence-corrected chi connectivity index (χ1v) is 6.86. The highest BCUT2D eigenvalue weighted by Crippen LogP contribution is 2.17. The maximum atomic E-state index is 11.9. The van der Waals surface area contributed by atoms with Crippen LogP contribution in [0.25, 0.3) is 0 Å². The second kappa shape index (κ2) is 5.43. The van der Waals surface area contributed by atoms with E-state index in [0.717, 1.165) is 17.8 Å². The van der Waals surface area contributed by atoms with Gasteiger partial charge in [0.15, 0.2) is 0 Å². The van der Waals surface area contributed by atoms with E-state index in [2.05, 4.69) is 10.3 Å². The first kappa shape index (κ1) is 11.6. The molecule has 3 nitrogen and oxygen atoms in total. The monoisotopic (exact) mass is 238 g/mol. The van der Waals surface area contributed by atoms with Crippen molar-refractivity contribution in [1.82, 2.24) is 10.3 Å². The number of rotatable bonds is 2. The number of aromatic nitrogens is 1. The highest BCUT2D eigenvalue weighted by atomic mass is 32.1. The molecule has 0 unspecified atom stereocenters. The Morgan fingerprint density at radius 2 is 2.06 bits per heavy atom. The number of hydrogen-bond acceptors (Lipinski definition) is 3. The molecule has 1 fully saturated rings. The summed E-state index contributed by atoms with van der Waals surface area (Å²) in [5.41, 5.74) is 0.576. The average Bonchev–Trinajstić information content (AvgIpc) is 2.54. The molecule has 0 radical (unpaired) electrons. The number of aryl methyl sites for hydroxylation is 1. The summed E-state index contributed by atoms with van der Waals surface area (Å²) < 4.78 is 0. The molecule has 88 valence electrons. The number of nitrogens with zero attached hydrogens (tertiary/aromatic N) is 1. The molecule has 1 N–H and O–H groups in total. The first-order chi connectivity index (χ1) is 7.75. The van der Waals surface area contributed by atoms with Crippen LogP contribution >= 0.6 is 11.3 Å². The maximum absolute atomic E-state index is 11.9. The highest BCUT2D eigenvalue weighted by molar-refractivity contribution is 7.09. The molecule has 0 spiro atoms. The largest absolute Gasteiger partial charge is 0.348 e. The lowest BCUT2D eigenvalue weighted by Crippen LogP contribution is -2.34. The summed E-state index contributed by atoms with van der Waals surface area (Å²) >= 11 is 1.53. The molecule has 1 aliphatic carbocycles. The van der Waals surface area contributed by atoms with Gasteiger partial charge in [-0.3, -0.25) is 4.79 Å². The molecule has 0 bridgehead atoms. The molecule has 1 amide bonds. The standard InChI is InChI=1S/C12H18N2OS/c1-9-13-11(8-16-9)12(15)14-10-6-4-2-3-5-7-10/h8,10H,2-7H2,1H3,(H,14,15). The van der Waals surface area contributed by atoms with E-state index in [-0.39, 0.29) is 5.91 Å². The SMILES string of the molecule is Cc1nc(C(=O)NC2CCCCCC2)cs1. The smallest absolute Gasteiger partial charge is 0.270 e. The molecular formula is C12H18N2OS. The van der Waals surface area contributed by atoms with Gasteiger partial charge in [0, 0.05) is 11.4 Å². The number of amides is 1. The fourth-order valence-electron chi connectivity index (χ4n) is 2.15. The minimum absolute atomic E-state index is 0.00347. The molecule has 1 aliphatic rings. The fourth-order valence-corrected chi connectivity index (χ4v) is 2.74. The van der Waals surface area contributed by atoms with Crippen LogP contribution in [-0.2, 0) is 0 Å². The Morgan fingerprint density at radius 3 is 2.62 bits per heavy atom. The number of carbonyl (C=O) groups is 1. The van der Waals surface area contributed by atoms with Crippen molar-refractivity contribution in [3.05, 3.63) is 16.1 Å². The Kier molecular flexibility index (Phi) is 3.93. The molecule has 2 rings (SSSR count). The second-order valence-corrected chi connectivity index (χ2v) is 5.48. The van der Waals surface area contributed by atoms with Gasteiger partial charge < -0.3 is 5.32 Å². The fraction of sp³-hybridized carbons (Fsp3) is 0.667. The Bertz CT molecular complexity index is 354. The summed E-state index contributed by atoms with van der Waals surface area (Å²) in [5.74, 6) is -0.00347. The minimum atomic E-state index is -0.00347. The van der Waals surface area contributed by atoms with E-state index in [9.17, 15) is 4.79 Å². The summed E-state index contributed by atoms with van der Waals surface area (Å²) in [6.45, 7) is 1.92. The molecular weight excluding hydrogens is 220 g/mol. The topological polar surface area (TPSA) is 42.0 Å². The van der Waals surface area contributed by atoms with Gasteiger partial charge in [-0.25, -0.2) is 4.98 Å². The van der Waals surface area contributed by atoms with Crippen LogP contribution in [0, 0.1) is 6.92 Å². The summed E-state index contributed by atoms with van der Waals surface area (Å²) in [6, 6.07) is 0.358. The Hall–Kier alpha value is -0.900. The average molecular weight is 238 g/mol. The molecule has 1 aromatic heterocycles. The number of thiazole rings is 1. The third kappa shape index (κ3) is 3.04. The molecule has 0 atom stereocenters. The minimum Gasteiger partial charge on any atom is -0.348 e. The zero-order valence-electron chi connectivity index (χ0n) is 9.66. The van der Waals surface area contributed by atoms with E-state index >= 15 is 0 Å². The molecule has 1 saturated carbocycles. The van der Waals surface area contributed by atoms with Gasteiger partial charge in [0.1, 0.15) is 5.69 Å². The first-order valence-electron chi connectivity index (χ1n) is 5.99. The maximum Gasteiger partial charge on any atom is 0.270 e. The Morgan fingerprint density at radius 1 is 1.38 bits per heavy atom. The van der Waals surface area contributed by atoms with Crippen LogP contribution in [-0.4, -0.2) is 16.9 Å². The lowest BCUT2D eigenvalue weighted by Gasteiger charge is -2.15. The van der Waals surface area contributed by atoms with Crippen molar-refractivity contribution in [3.8, 4) is 0 Å². The van der Waals surface area contributed by atoms with Crippen LogP contribution in [0.1, 0.15) is 54.0 Å². The quantitative estimate of drug-likeness (QED) is 0.805. The summed E-state index contributed by atoms with van der Waals surface area (Å²) in [6.07, 6.45) is 7.33. The highest BCUT2D eigenvalue weighted by Gasteiger charge is 2.16. The lowest BCUT2D eigenvalue weighted by atomic mass is 10.1. The van der Waals surface area contributed by atoms with Crippen molar-refractivity contribution in [1.29, 1.82) is 0 Å². The van der Waals surface area contributed by atoms with Crippen LogP contribution < -0.4 is 5.32 Å². The third-order valence-electron chi connectivity index (χ3n) is 3.04. The Balaban J connectivity index is 1.90. The van der Waals surface area contributed by atoms with Gasteiger partial charge in [-0.1, -0.05) is 25.7 Å². The van der Waals surface area contributed by atoms with Crippen molar-refractivity contribution >= 4 is 17.2 Å². The van der Waals surface area contributed by atoms with Crippen LogP contribution in [0.4, 0.5) is 0 Å². The van der Waals surface area contributed by atoms with Gasteiger partial charge in [0.05, 0.1) is 5.01 Å². The predicted molar refractivity (Wildman–Crippen MR) is 65.8 cm³/mol. The van der Waals surface area contributed by atoms with E-state index < -0.39 is 0 Å². The molecule has 16 heavy (non-hydrogen) atoms. The van der Waals surface area contributed by atoms with Crippen LogP contribution in [0.3, 0.4) is 0 Å². The van der Waals surface area contributed by atoms with Gasteiger partial charge in [-0.2, -0.15) is 0 Å². The Labute approximate surface area is 100 Å². The van der Waals surface area contributed by atoms with Gasteiger partial charge in [0.25, 0.3) is 5.91 Å². The van der Waals surface area contributed by atoms with E-state index in [1.807, 2.05) is 12.3 Å². The molecule has 1 heterocycles. The lowest BCUT2D eigenvalue weighted by molar-refractivity contribution is 0.0929. The summed E-state index contributed by atoms with van der Waals surface area (Å²) in [7, 11) is 0. The molecule has 0 saturated heterocycles. The summed E-state index contributed by atoms with van der Waals surface area (Å²) in [4.78, 5) is 16.1. The van der Waals surface area contributed by atoms with Gasteiger partial charge >= 0.3 is 0 Å². The van der Waals surface area contributed by atoms with E-state index in [1.165, 1.54) is 37.0 Å². The van der Waals surface area contributed by atoms with Crippen molar-refractivity contribution in [2.24, 2.45) is 0 Å². The van der Waals surface area contributed by atoms with Crippen molar-refractivity contribution in [3.63, 3.8) is 0 Å². The van der Waals surface area contributed by atoms with Crippen molar-refractivity contribution in [2.75, 3.05) is 0 Å². The van der Waals surface area contributed by atoms with E-state index in [1.54, 1.807) is 0 Å². The predicted octanol–water partition coefficient (Wildman–Crippen LogP) is 2.90. The normalized spacial score (nSPS) is 18.1. The van der Waals surface area contributed by atoms with Crippen LogP contribution in [0.15, 0.2) is 5.38 Å². The van der Waals surface area contributed by atoms with Gasteiger partial charge in [-0.05, 0) is 19.8 Å². The van der Waals surface area contributed by atoms with E-state index in [4.69, 9.17) is 0 Å². The zero-order chi connectivity index (χ0) is 11.4. The van der Waals surface area contributed by atoms with E-state index in [0.29, 0.717) is 11.7 Å². The number of carbonyl (C=O) groups excluding carboxylic acids is 1. The van der Waals surface area contributed by atoms with Crippen LogP contribution in [0.5, 0.6) is 0 Å². The van der Waals surface area contributed by atoms with Crippen molar-refractivity contribution < 1.29 is 4.79 Å². The van der Waals surface area contributed by atoms with Gasteiger partial charge in [-0.15, -0.1) is 11.3 Å². The molecule has 4 heteroatoms.